The maximum atomic E-state index is 13.5. The predicted octanol–water partition coefficient (Wildman–Crippen LogP) is 4.78. The number of carbonyl (C=O) groups is 1. The molecule has 3 aromatic carbocycles. The Morgan fingerprint density at radius 3 is 2.35 bits per heavy atom. The third-order valence-corrected chi connectivity index (χ3v) is 6.76. The van der Waals surface area contributed by atoms with Gasteiger partial charge < -0.3 is 9.73 Å². The number of carbonyl (C=O) groups excluding carboxylic acids is 1. The first-order chi connectivity index (χ1) is 14.9. The van der Waals surface area contributed by atoms with E-state index < -0.39 is 10.0 Å². The Hall–Kier alpha value is -3.42. The third-order valence-electron chi connectivity index (χ3n) is 4.95. The molecule has 0 unspecified atom stereocenters. The number of furan rings is 1. The lowest BCUT2D eigenvalue weighted by Gasteiger charge is -2.22. The van der Waals surface area contributed by atoms with Crippen LogP contribution in [0.5, 0.6) is 0 Å². The molecule has 158 valence electrons. The van der Waals surface area contributed by atoms with Gasteiger partial charge in [-0.15, -0.1) is 0 Å². The van der Waals surface area contributed by atoms with E-state index in [1.807, 2.05) is 42.5 Å². The zero-order chi connectivity index (χ0) is 21.8. The van der Waals surface area contributed by atoms with E-state index in [0.717, 1.165) is 16.3 Å². The zero-order valence-corrected chi connectivity index (χ0v) is 17.8. The van der Waals surface area contributed by atoms with E-state index >= 15 is 0 Å². The van der Waals surface area contributed by atoms with Crippen LogP contribution >= 0.6 is 0 Å². The van der Waals surface area contributed by atoms with Crippen LogP contribution in [0.3, 0.4) is 0 Å². The van der Waals surface area contributed by atoms with Gasteiger partial charge in [0.2, 0.25) is 15.9 Å². The highest BCUT2D eigenvalue weighted by atomic mass is 32.2. The predicted molar refractivity (Wildman–Crippen MR) is 120 cm³/mol. The van der Waals surface area contributed by atoms with Crippen molar-refractivity contribution < 1.29 is 17.6 Å². The summed E-state index contributed by atoms with van der Waals surface area (Å²) in [5.74, 6) is 0.338. The lowest BCUT2D eigenvalue weighted by Crippen LogP contribution is -2.30. The molecule has 1 aromatic heterocycles. The van der Waals surface area contributed by atoms with Crippen LogP contribution in [0.4, 0.5) is 5.69 Å². The summed E-state index contributed by atoms with van der Waals surface area (Å²) in [4.78, 5) is 11.4. The molecule has 1 amide bonds. The maximum absolute atomic E-state index is 13.5. The molecule has 0 aliphatic rings. The fraction of sp³-hybridized carbons (Fsp3) is 0.125. The van der Waals surface area contributed by atoms with Gasteiger partial charge in [0.1, 0.15) is 5.76 Å². The monoisotopic (exact) mass is 434 g/mol. The van der Waals surface area contributed by atoms with Crippen molar-refractivity contribution in [2.24, 2.45) is 0 Å². The molecule has 0 fully saturated rings. The summed E-state index contributed by atoms with van der Waals surface area (Å²) in [5.41, 5.74) is 1.45. The van der Waals surface area contributed by atoms with Gasteiger partial charge in [0.25, 0.3) is 0 Å². The SMILES string of the molecule is CC(=O)Nc1ccc(S(=O)(=O)N(Cc2ccco2)Cc2cccc3ccccc23)cc1. The van der Waals surface area contributed by atoms with Crippen molar-refractivity contribution in [1.29, 1.82) is 0 Å². The Labute approximate surface area is 181 Å². The highest BCUT2D eigenvalue weighted by Gasteiger charge is 2.26. The number of rotatable bonds is 7. The molecule has 31 heavy (non-hydrogen) atoms. The quantitative estimate of drug-likeness (QED) is 0.454. The second-order valence-electron chi connectivity index (χ2n) is 7.20. The van der Waals surface area contributed by atoms with E-state index in [2.05, 4.69) is 5.32 Å². The van der Waals surface area contributed by atoms with Crippen LogP contribution < -0.4 is 5.32 Å². The van der Waals surface area contributed by atoms with Crippen LogP contribution in [0.2, 0.25) is 0 Å². The van der Waals surface area contributed by atoms with Gasteiger partial charge >= 0.3 is 0 Å². The van der Waals surface area contributed by atoms with Crippen LogP contribution in [0.1, 0.15) is 18.2 Å². The molecule has 1 N–H and O–H groups in total. The van der Waals surface area contributed by atoms with Crippen molar-refractivity contribution in [2.75, 3.05) is 5.32 Å². The second-order valence-corrected chi connectivity index (χ2v) is 9.13. The minimum atomic E-state index is -3.83. The van der Waals surface area contributed by atoms with Crippen molar-refractivity contribution in [3.63, 3.8) is 0 Å². The maximum Gasteiger partial charge on any atom is 0.243 e. The van der Waals surface area contributed by atoms with Crippen molar-refractivity contribution in [3.8, 4) is 0 Å². The van der Waals surface area contributed by atoms with Gasteiger partial charge in [0, 0.05) is 19.2 Å². The number of benzene rings is 3. The van der Waals surface area contributed by atoms with Crippen LogP contribution in [0.15, 0.2) is 94.4 Å². The summed E-state index contributed by atoms with van der Waals surface area (Å²) in [7, 11) is -3.83. The zero-order valence-electron chi connectivity index (χ0n) is 17.0. The van der Waals surface area contributed by atoms with Crippen LogP contribution in [0, 0.1) is 0 Å². The van der Waals surface area contributed by atoms with Crippen molar-refractivity contribution in [2.45, 2.75) is 24.9 Å². The number of nitrogens with zero attached hydrogens (tertiary/aromatic N) is 1. The third kappa shape index (κ3) is 4.68. The summed E-state index contributed by atoms with van der Waals surface area (Å²) in [6, 6.07) is 23.4. The van der Waals surface area contributed by atoms with Crippen LogP contribution in [-0.4, -0.2) is 18.6 Å². The van der Waals surface area contributed by atoms with Gasteiger partial charge in [-0.25, -0.2) is 8.42 Å². The van der Waals surface area contributed by atoms with Crippen molar-refractivity contribution in [3.05, 3.63) is 96.4 Å². The summed E-state index contributed by atoms with van der Waals surface area (Å²) in [5, 5.41) is 4.70. The number of hydrogen-bond acceptors (Lipinski definition) is 4. The number of amides is 1. The molecule has 6 nitrogen and oxygen atoms in total. The van der Waals surface area contributed by atoms with Gasteiger partial charge in [-0.05, 0) is 52.7 Å². The van der Waals surface area contributed by atoms with Gasteiger partial charge in [-0.3, -0.25) is 4.79 Å². The number of hydrogen-bond donors (Lipinski definition) is 1. The summed E-state index contributed by atoms with van der Waals surface area (Å²) in [6.07, 6.45) is 1.53. The molecule has 0 aliphatic heterocycles. The molecular weight excluding hydrogens is 412 g/mol. The fourth-order valence-electron chi connectivity index (χ4n) is 3.49. The van der Waals surface area contributed by atoms with Crippen molar-refractivity contribution >= 4 is 32.4 Å². The fourth-order valence-corrected chi connectivity index (χ4v) is 4.87. The molecule has 0 atom stereocenters. The molecule has 4 aromatic rings. The Bertz CT molecular complexity index is 1290. The molecule has 0 saturated carbocycles. The summed E-state index contributed by atoms with van der Waals surface area (Å²) in [6.45, 7) is 1.70. The molecule has 0 bridgehead atoms. The lowest BCUT2D eigenvalue weighted by atomic mass is 10.0. The van der Waals surface area contributed by atoms with Gasteiger partial charge in [0.05, 0.1) is 17.7 Å². The van der Waals surface area contributed by atoms with E-state index in [9.17, 15) is 13.2 Å². The Morgan fingerprint density at radius 1 is 0.903 bits per heavy atom. The highest BCUT2D eigenvalue weighted by Crippen LogP contribution is 2.26. The van der Waals surface area contributed by atoms with Gasteiger partial charge in [-0.1, -0.05) is 42.5 Å². The lowest BCUT2D eigenvalue weighted by molar-refractivity contribution is -0.114. The average Bonchev–Trinajstić information content (AvgIpc) is 3.27. The highest BCUT2D eigenvalue weighted by molar-refractivity contribution is 7.89. The summed E-state index contributed by atoms with van der Waals surface area (Å²) >= 11 is 0. The largest absolute Gasteiger partial charge is 0.468 e. The summed E-state index contributed by atoms with van der Waals surface area (Å²) < 4.78 is 33.9. The first-order valence-electron chi connectivity index (χ1n) is 9.80. The number of sulfonamides is 1. The number of nitrogens with one attached hydrogen (secondary N) is 1. The topological polar surface area (TPSA) is 79.6 Å². The standard InChI is InChI=1S/C24H22N2O4S/c1-18(27)25-21-11-13-23(14-12-21)31(28,29)26(17-22-9-5-15-30-22)16-20-8-4-7-19-6-2-3-10-24(19)20/h2-15H,16-17H2,1H3,(H,25,27). The Morgan fingerprint density at radius 2 is 1.65 bits per heavy atom. The van der Waals surface area contributed by atoms with Crippen LogP contribution in [0.25, 0.3) is 10.8 Å². The normalized spacial score (nSPS) is 11.7. The smallest absolute Gasteiger partial charge is 0.243 e. The molecule has 0 radical (unpaired) electrons. The first-order valence-corrected chi connectivity index (χ1v) is 11.2. The van der Waals surface area contributed by atoms with E-state index in [4.69, 9.17) is 4.42 Å². The van der Waals surface area contributed by atoms with Crippen molar-refractivity contribution in [1.82, 2.24) is 4.31 Å². The molecular formula is C24H22N2O4S. The minimum absolute atomic E-state index is 0.103. The first kappa shape index (κ1) is 20.8. The average molecular weight is 435 g/mol. The van der Waals surface area contributed by atoms with E-state index in [-0.39, 0.29) is 23.9 Å². The molecule has 4 rings (SSSR count). The van der Waals surface area contributed by atoms with E-state index in [0.29, 0.717) is 11.4 Å². The second kappa shape index (κ2) is 8.75. The van der Waals surface area contributed by atoms with Gasteiger partial charge in [-0.2, -0.15) is 4.31 Å². The number of anilines is 1. The number of fused-ring (bicyclic) bond motifs is 1. The van der Waals surface area contributed by atoms with E-state index in [1.165, 1.54) is 29.6 Å². The van der Waals surface area contributed by atoms with Crippen LogP contribution in [-0.2, 0) is 27.9 Å². The Balaban J connectivity index is 1.71. The Kier molecular flexibility index (Phi) is 5.88. The van der Waals surface area contributed by atoms with E-state index in [1.54, 1.807) is 24.3 Å². The van der Waals surface area contributed by atoms with Gasteiger partial charge in [0.15, 0.2) is 0 Å². The molecule has 7 heteroatoms. The molecule has 0 spiro atoms. The molecule has 0 aliphatic carbocycles. The molecule has 1 heterocycles. The molecule has 0 saturated heterocycles. The minimum Gasteiger partial charge on any atom is -0.468 e.